The molecule has 1 aliphatic rings. The largest absolute Gasteiger partial charge is 0.362 e. The molecular formula is C16H14ClFN4O4. The standard InChI is InChI=1S/C16H14ClFN4O4/c17-11-1-3-13(15(9-11)21(23)24)19-5-7-20(8-6-19)14-4-2-12(18)10-16(14)22(25)26/h1-4,9-10H,5-8H2. The Kier molecular flexibility index (Phi) is 4.90. The number of hydrogen-bond donors (Lipinski definition) is 0. The molecule has 0 bridgehead atoms. The summed E-state index contributed by atoms with van der Waals surface area (Å²) in [5.41, 5.74) is 0.406. The molecule has 0 atom stereocenters. The van der Waals surface area contributed by atoms with Crippen LogP contribution in [0.1, 0.15) is 0 Å². The Morgan fingerprint density at radius 3 is 1.81 bits per heavy atom. The SMILES string of the molecule is O=[N+]([O-])c1cc(F)ccc1N1CCN(c2ccc(Cl)cc2[N+](=O)[O-])CC1. The maximum absolute atomic E-state index is 13.3. The molecule has 0 aromatic heterocycles. The minimum atomic E-state index is -0.670. The highest BCUT2D eigenvalue weighted by molar-refractivity contribution is 6.30. The van der Waals surface area contributed by atoms with E-state index in [0.717, 1.165) is 6.07 Å². The summed E-state index contributed by atoms with van der Waals surface area (Å²) in [6.07, 6.45) is 0. The summed E-state index contributed by atoms with van der Waals surface area (Å²) in [4.78, 5) is 24.9. The quantitative estimate of drug-likeness (QED) is 0.594. The highest BCUT2D eigenvalue weighted by Gasteiger charge is 2.27. The molecule has 0 N–H and O–H groups in total. The number of rotatable bonds is 4. The van der Waals surface area contributed by atoms with Crippen molar-refractivity contribution in [3.8, 4) is 0 Å². The van der Waals surface area contributed by atoms with Gasteiger partial charge in [-0.25, -0.2) is 4.39 Å². The van der Waals surface area contributed by atoms with Crippen molar-refractivity contribution in [2.45, 2.75) is 0 Å². The van der Waals surface area contributed by atoms with Gasteiger partial charge in [0.1, 0.15) is 17.2 Å². The summed E-state index contributed by atoms with van der Waals surface area (Å²) in [5.74, 6) is -0.670. The van der Waals surface area contributed by atoms with Gasteiger partial charge < -0.3 is 9.80 Å². The lowest BCUT2D eigenvalue weighted by atomic mass is 10.2. The van der Waals surface area contributed by atoms with Gasteiger partial charge in [-0.3, -0.25) is 20.2 Å². The van der Waals surface area contributed by atoms with Gasteiger partial charge in [-0.05, 0) is 24.3 Å². The molecular weight excluding hydrogens is 367 g/mol. The monoisotopic (exact) mass is 380 g/mol. The maximum Gasteiger partial charge on any atom is 0.295 e. The highest BCUT2D eigenvalue weighted by Crippen LogP contribution is 2.34. The van der Waals surface area contributed by atoms with Crippen LogP contribution in [-0.2, 0) is 0 Å². The van der Waals surface area contributed by atoms with Crippen LogP contribution in [-0.4, -0.2) is 36.0 Å². The van der Waals surface area contributed by atoms with E-state index in [2.05, 4.69) is 0 Å². The number of piperazine rings is 1. The second-order valence-electron chi connectivity index (χ2n) is 5.75. The number of hydrogen-bond acceptors (Lipinski definition) is 6. The summed E-state index contributed by atoms with van der Waals surface area (Å²) in [6.45, 7) is 1.67. The molecule has 1 aliphatic heterocycles. The second-order valence-corrected chi connectivity index (χ2v) is 6.19. The lowest BCUT2D eigenvalue weighted by Gasteiger charge is -2.36. The van der Waals surface area contributed by atoms with Crippen LogP contribution in [0.5, 0.6) is 0 Å². The number of nitro benzene ring substituents is 2. The number of anilines is 2. The molecule has 0 radical (unpaired) electrons. The van der Waals surface area contributed by atoms with Gasteiger partial charge in [-0.2, -0.15) is 0 Å². The molecule has 136 valence electrons. The van der Waals surface area contributed by atoms with Gasteiger partial charge in [0.05, 0.1) is 15.9 Å². The van der Waals surface area contributed by atoms with Crippen molar-refractivity contribution in [3.05, 3.63) is 67.5 Å². The third-order valence-electron chi connectivity index (χ3n) is 4.23. The highest BCUT2D eigenvalue weighted by atomic mass is 35.5. The van der Waals surface area contributed by atoms with Crippen molar-refractivity contribution in [2.75, 3.05) is 36.0 Å². The number of benzene rings is 2. The van der Waals surface area contributed by atoms with E-state index < -0.39 is 15.7 Å². The van der Waals surface area contributed by atoms with Gasteiger partial charge in [0.25, 0.3) is 11.4 Å². The molecule has 0 amide bonds. The Bertz CT molecular complexity index is 800. The third-order valence-corrected chi connectivity index (χ3v) is 4.46. The molecule has 1 heterocycles. The van der Waals surface area contributed by atoms with E-state index in [0.29, 0.717) is 37.6 Å². The van der Waals surface area contributed by atoms with E-state index in [9.17, 15) is 24.6 Å². The first-order valence-electron chi connectivity index (χ1n) is 7.74. The minimum absolute atomic E-state index is 0.0845. The van der Waals surface area contributed by atoms with Crippen LogP contribution in [0.25, 0.3) is 0 Å². The van der Waals surface area contributed by atoms with E-state index in [1.54, 1.807) is 17.0 Å². The van der Waals surface area contributed by atoms with Gasteiger partial charge in [0.15, 0.2) is 0 Å². The number of halogens is 2. The Morgan fingerprint density at radius 2 is 1.31 bits per heavy atom. The van der Waals surface area contributed by atoms with Gasteiger partial charge in [-0.15, -0.1) is 0 Å². The first-order chi connectivity index (χ1) is 12.4. The fraction of sp³-hybridized carbons (Fsp3) is 0.250. The third kappa shape index (κ3) is 3.52. The van der Waals surface area contributed by atoms with Crippen molar-refractivity contribution in [2.24, 2.45) is 0 Å². The zero-order valence-corrected chi connectivity index (χ0v) is 14.2. The van der Waals surface area contributed by atoms with Crippen molar-refractivity contribution < 1.29 is 14.2 Å². The Morgan fingerprint density at radius 1 is 0.846 bits per heavy atom. The smallest absolute Gasteiger partial charge is 0.295 e. The van der Waals surface area contributed by atoms with Crippen molar-refractivity contribution in [3.63, 3.8) is 0 Å². The van der Waals surface area contributed by atoms with Gasteiger partial charge >= 0.3 is 0 Å². The fourth-order valence-corrected chi connectivity index (χ4v) is 3.18. The summed E-state index contributed by atoms with van der Waals surface area (Å²) in [7, 11) is 0. The molecule has 0 unspecified atom stereocenters. The number of nitro groups is 2. The zero-order valence-electron chi connectivity index (χ0n) is 13.5. The Labute approximate surface area is 152 Å². The van der Waals surface area contributed by atoms with Crippen LogP contribution in [0.2, 0.25) is 5.02 Å². The lowest BCUT2D eigenvalue weighted by Crippen LogP contribution is -2.46. The normalized spacial score (nSPS) is 14.4. The summed E-state index contributed by atoms with van der Waals surface area (Å²) < 4.78 is 13.3. The van der Waals surface area contributed by atoms with Crippen LogP contribution in [0.15, 0.2) is 36.4 Å². The predicted octanol–water partition coefficient (Wildman–Crippen LogP) is 3.62. The lowest BCUT2D eigenvalue weighted by molar-refractivity contribution is -0.384. The van der Waals surface area contributed by atoms with Gasteiger partial charge in [-0.1, -0.05) is 11.6 Å². The summed E-state index contributed by atoms with van der Waals surface area (Å²) in [6, 6.07) is 7.93. The average Bonchev–Trinajstić information content (AvgIpc) is 2.61. The van der Waals surface area contributed by atoms with Crippen LogP contribution >= 0.6 is 11.6 Å². The van der Waals surface area contributed by atoms with E-state index in [1.165, 1.54) is 18.2 Å². The predicted molar refractivity (Wildman–Crippen MR) is 95.6 cm³/mol. The average molecular weight is 381 g/mol. The topological polar surface area (TPSA) is 92.8 Å². The first kappa shape index (κ1) is 17.9. The zero-order chi connectivity index (χ0) is 18.8. The molecule has 3 rings (SSSR count). The summed E-state index contributed by atoms with van der Waals surface area (Å²) in [5, 5.41) is 22.7. The van der Waals surface area contributed by atoms with Gasteiger partial charge in [0.2, 0.25) is 0 Å². The van der Waals surface area contributed by atoms with E-state index in [-0.39, 0.29) is 16.4 Å². The van der Waals surface area contributed by atoms with Crippen LogP contribution in [0.4, 0.5) is 27.1 Å². The molecule has 8 nitrogen and oxygen atoms in total. The molecule has 26 heavy (non-hydrogen) atoms. The van der Waals surface area contributed by atoms with Crippen molar-refractivity contribution in [1.29, 1.82) is 0 Å². The van der Waals surface area contributed by atoms with Gasteiger partial charge in [0, 0.05) is 37.3 Å². The van der Waals surface area contributed by atoms with Crippen molar-refractivity contribution >= 4 is 34.4 Å². The van der Waals surface area contributed by atoms with Crippen LogP contribution in [0, 0.1) is 26.0 Å². The molecule has 2 aromatic rings. The summed E-state index contributed by atoms with van der Waals surface area (Å²) >= 11 is 5.84. The minimum Gasteiger partial charge on any atom is -0.362 e. The maximum atomic E-state index is 13.3. The molecule has 1 fully saturated rings. The Balaban J connectivity index is 1.81. The molecule has 0 aliphatic carbocycles. The van der Waals surface area contributed by atoms with Crippen molar-refractivity contribution in [1.82, 2.24) is 0 Å². The van der Waals surface area contributed by atoms with E-state index >= 15 is 0 Å². The first-order valence-corrected chi connectivity index (χ1v) is 8.12. The second kappa shape index (κ2) is 7.12. The van der Waals surface area contributed by atoms with E-state index in [1.807, 2.05) is 4.90 Å². The fourth-order valence-electron chi connectivity index (χ4n) is 3.01. The van der Waals surface area contributed by atoms with Crippen LogP contribution < -0.4 is 9.80 Å². The molecule has 1 saturated heterocycles. The Hall–Kier alpha value is -2.94. The molecule has 2 aromatic carbocycles. The molecule has 0 saturated carbocycles. The van der Waals surface area contributed by atoms with E-state index in [4.69, 9.17) is 11.6 Å². The molecule has 0 spiro atoms. The van der Waals surface area contributed by atoms with Crippen LogP contribution in [0.3, 0.4) is 0 Å². The number of nitrogens with zero attached hydrogens (tertiary/aromatic N) is 4. The molecule has 10 heteroatoms.